The zero-order chi connectivity index (χ0) is 15.5. The Morgan fingerprint density at radius 1 is 1.45 bits per heavy atom. The lowest BCUT2D eigenvalue weighted by Gasteiger charge is -2.40. The van der Waals surface area contributed by atoms with Crippen LogP contribution in [0.2, 0.25) is 0 Å². The highest BCUT2D eigenvalue weighted by Gasteiger charge is 2.53. The molecule has 2 heterocycles. The fourth-order valence-corrected chi connectivity index (χ4v) is 4.19. The summed E-state index contributed by atoms with van der Waals surface area (Å²) < 4.78 is 11.4. The van der Waals surface area contributed by atoms with Gasteiger partial charge in [0.05, 0.1) is 32.2 Å². The number of methoxy groups -OCH3 is 1. The van der Waals surface area contributed by atoms with E-state index in [1.54, 1.807) is 14.2 Å². The van der Waals surface area contributed by atoms with Crippen molar-refractivity contribution in [3.05, 3.63) is 40.6 Å². The van der Waals surface area contributed by atoms with E-state index in [0.29, 0.717) is 25.3 Å². The molecule has 1 aromatic rings. The quantitative estimate of drug-likeness (QED) is 0.489. The van der Waals surface area contributed by atoms with Gasteiger partial charge in [0, 0.05) is 24.0 Å². The summed E-state index contributed by atoms with van der Waals surface area (Å²) in [5.74, 6) is 1.46. The van der Waals surface area contributed by atoms with Gasteiger partial charge in [0.25, 0.3) is 0 Å². The average Bonchev–Trinajstić information content (AvgIpc) is 2.74. The molecule has 1 aliphatic carbocycles. The average molecular weight is 303 g/mol. The molecule has 1 aromatic carbocycles. The van der Waals surface area contributed by atoms with Crippen molar-refractivity contribution in [2.24, 2.45) is 0 Å². The maximum atomic E-state index is 12.7. The third-order valence-electron chi connectivity index (χ3n) is 5.30. The monoisotopic (exact) mass is 303 g/mol. The predicted octanol–water partition coefficient (Wildman–Crippen LogP) is 1.86. The first-order chi connectivity index (χ1) is 10.5. The third-order valence-corrected chi connectivity index (χ3v) is 5.30. The van der Waals surface area contributed by atoms with Crippen molar-refractivity contribution < 1.29 is 19.2 Å². The molecule has 0 fully saturated rings. The topological polar surface area (TPSA) is 61.8 Å². The van der Waals surface area contributed by atoms with Crippen LogP contribution in [0, 0.1) is 5.21 Å². The van der Waals surface area contributed by atoms with Gasteiger partial charge in [-0.25, -0.2) is 0 Å². The van der Waals surface area contributed by atoms with Crippen LogP contribution in [0.3, 0.4) is 0 Å². The molecule has 118 valence electrons. The maximum Gasteiger partial charge on any atom is 0.166 e. The van der Waals surface area contributed by atoms with Crippen LogP contribution in [-0.2, 0) is 12.0 Å². The van der Waals surface area contributed by atoms with Gasteiger partial charge in [-0.1, -0.05) is 12.2 Å². The van der Waals surface area contributed by atoms with Crippen molar-refractivity contribution in [2.45, 2.75) is 37.0 Å². The van der Waals surface area contributed by atoms with Crippen molar-refractivity contribution in [3.63, 3.8) is 0 Å². The molecular formula is C17H21NO4. The van der Waals surface area contributed by atoms with E-state index in [1.807, 2.05) is 18.2 Å². The van der Waals surface area contributed by atoms with Crippen LogP contribution in [0.25, 0.3) is 0 Å². The van der Waals surface area contributed by atoms with Gasteiger partial charge >= 0.3 is 0 Å². The van der Waals surface area contributed by atoms with Crippen LogP contribution in [0.5, 0.6) is 11.5 Å². The lowest BCUT2D eigenvalue weighted by atomic mass is 9.69. The van der Waals surface area contributed by atoms with Gasteiger partial charge in [0.1, 0.15) is 12.6 Å². The summed E-state index contributed by atoms with van der Waals surface area (Å²) in [5, 5.41) is 22.6. The Morgan fingerprint density at radius 2 is 2.27 bits per heavy atom. The molecule has 0 saturated carbocycles. The van der Waals surface area contributed by atoms with Gasteiger partial charge in [-0.05, 0) is 12.1 Å². The largest absolute Gasteiger partial charge is 0.633 e. The number of quaternary nitrogens is 1. The minimum absolute atomic E-state index is 0.129. The lowest BCUT2D eigenvalue weighted by molar-refractivity contribution is -0.874. The molecule has 5 nitrogen and oxygen atoms in total. The molecule has 5 heteroatoms. The Labute approximate surface area is 129 Å². The van der Waals surface area contributed by atoms with Crippen LogP contribution < -0.4 is 9.47 Å². The van der Waals surface area contributed by atoms with E-state index in [2.05, 4.69) is 6.08 Å². The molecular weight excluding hydrogens is 282 g/mol. The highest BCUT2D eigenvalue weighted by Crippen LogP contribution is 2.56. The number of aliphatic hydroxyl groups is 1. The Hall–Kier alpha value is -1.56. The number of hydroxylamine groups is 3. The Kier molecular flexibility index (Phi) is 2.86. The summed E-state index contributed by atoms with van der Waals surface area (Å²) in [7, 11) is 3.36. The number of hydrogen-bond acceptors (Lipinski definition) is 4. The zero-order valence-electron chi connectivity index (χ0n) is 12.9. The maximum absolute atomic E-state index is 12.7. The molecule has 2 aliphatic heterocycles. The summed E-state index contributed by atoms with van der Waals surface area (Å²) >= 11 is 0. The van der Waals surface area contributed by atoms with Crippen LogP contribution in [-0.4, -0.2) is 42.7 Å². The summed E-state index contributed by atoms with van der Waals surface area (Å²) in [4.78, 5) is 0. The zero-order valence-corrected chi connectivity index (χ0v) is 12.9. The van der Waals surface area contributed by atoms with E-state index in [4.69, 9.17) is 9.47 Å². The molecule has 0 amide bonds. The Bertz CT molecular complexity index is 654. The minimum Gasteiger partial charge on any atom is -0.633 e. The van der Waals surface area contributed by atoms with Crippen LogP contribution in [0.15, 0.2) is 24.3 Å². The predicted molar refractivity (Wildman–Crippen MR) is 81.6 cm³/mol. The Morgan fingerprint density at radius 3 is 3.05 bits per heavy atom. The molecule has 0 bridgehead atoms. The van der Waals surface area contributed by atoms with Crippen molar-refractivity contribution >= 4 is 0 Å². The molecule has 4 rings (SSSR count). The molecule has 1 N–H and O–H groups in total. The molecule has 1 spiro atoms. The second kappa shape index (κ2) is 4.47. The number of benzene rings is 1. The fraction of sp³-hybridized carbons (Fsp3) is 0.529. The first-order valence-corrected chi connectivity index (χ1v) is 7.75. The van der Waals surface area contributed by atoms with Gasteiger partial charge in [-0.2, -0.15) is 0 Å². The summed E-state index contributed by atoms with van der Waals surface area (Å²) in [6.07, 6.45) is 4.57. The van der Waals surface area contributed by atoms with Crippen molar-refractivity contribution in [1.82, 2.24) is 0 Å². The molecule has 0 radical (unpaired) electrons. The third kappa shape index (κ3) is 1.82. The first-order valence-electron chi connectivity index (χ1n) is 7.75. The molecule has 22 heavy (non-hydrogen) atoms. The molecule has 4 atom stereocenters. The Balaban J connectivity index is 1.96. The summed E-state index contributed by atoms with van der Waals surface area (Å²) in [5.41, 5.74) is 1.82. The lowest BCUT2D eigenvalue weighted by Crippen LogP contribution is -2.44. The van der Waals surface area contributed by atoms with Crippen molar-refractivity contribution in [3.8, 4) is 11.5 Å². The van der Waals surface area contributed by atoms with Gasteiger partial charge < -0.3 is 24.4 Å². The smallest absolute Gasteiger partial charge is 0.166 e. The fourth-order valence-electron chi connectivity index (χ4n) is 4.19. The van der Waals surface area contributed by atoms with Gasteiger partial charge in [0.2, 0.25) is 0 Å². The number of rotatable bonds is 1. The summed E-state index contributed by atoms with van der Waals surface area (Å²) in [6.45, 7) is 0.983. The van der Waals surface area contributed by atoms with E-state index in [9.17, 15) is 10.3 Å². The van der Waals surface area contributed by atoms with Crippen LogP contribution in [0.1, 0.15) is 24.0 Å². The standard InChI is InChI=1S/C17H21NO4/c1-18(20)8-7-17-6-5-12(19)9-14(17)22-16-13(21-2)4-3-11(10-18)15(16)17/h3-6,12,14,19H,7-10H2,1-2H3/t12-,14-,17-,18?/m0/s1. The second-order valence-corrected chi connectivity index (χ2v) is 6.87. The van der Waals surface area contributed by atoms with E-state index in [1.165, 1.54) is 0 Å². The van der Waals surface area contributed by atoms with Crippen molar-refractivity contribution in [2.75, 3.05) is 20.7 Å². The van der Waals surface area contributed by atoms with E-state index in [0.717, 1.165) is 23.3 Å². The number of hydrogen-bond donors (Lipinski definition) is 1. The normalized spacial score (nSPS) is 38.7. The molecule has 0 aromatic heterocycles. The van der Waals surface area contributed by atoms with Gasteiger partial charge in [-0.15, -0.1) is 0 Å². The number of nitrogens with zero attached hydrogens (tertiary/aromatic N) is 1. The van der Waals surface area contributed by atoms with E-state index < -0.39 is 6.10 Å². The van der Waals surface area contributed by atoms with E-state index >= 15 is 0 Å². The summed E-state index contributed by atoms with van der Waals surface area (Å²) in [6, 6.07) is 3.87. The van der Waals surface area contributed by atoms with Crippen molar-refractivity contribution in [1.29, 1.82) is 0 Å². The minimum atomic E-state index is -0.490. The molecule has 1 unspecified atom stereocenters. The number of ether oxygens (including phenoxy) is 2. The van der Waals surface area contributed by atoms with Gasteiger partial charge in [-0.3, -0.25) is 0 Å². The van der Waals surface area contributed by atoms with Gasteiger partial charge in [0.15, 0.2) is 11.5 Å². The molecule has 0 saturated heterocycles. The first kappa shape index (κ1) is 14.1. The van der Waals surface area contributed by atoms with E-state index in [-0.39, 0.29) is 16.2 Å². The van der Waals surface area contributed by atoms with Crippen LogP contribution >= 0.6 is 0 Å². The van der Waals surface area contributed by atoms with Crippen LogP contribution in [0.4, 0.5) is 0 Å². The number of aliphatic hydroxyl groups excluding tert-OH is 1. The molecule has 3 aliphatic rings. The highest BCUT2D eigenvalue weighted by atomic mass is 16.5. The second-order valence-electron chi connectivity index (χ2n) is 6.87. The SMILES string of the molecule is COc1ccc2c3c1O[C@H]1C[C@@H](O)C=C[C@@]31CC[N+](C)([O-])C2. The highest BCUT2D eigenvalue weighted by molar-refractivity contribution is 5.60.